The van der Waals surface area contributed by atoms with E-state index in [4.69, 9.17) is 17.0 Å². The Morgan fingerprint density at radius 2 is 1.65 bits per heavy atom. The van der Waals surface area contributed by atoms with Crippen LogP contribution in [0.2, 0.25) is 0 Å². The van der Waals surface area contributed by atoms with Crippen LogP contribution in [0.25, 0.3) is 0 Å². The second-order valence-corrected chi connectivity index (χ2v) is 7.01. The Labute approximate surface area is 161 Å². The minimum Gasteiger partial charge on any atom is -0.379 e. The molecular weight excluding hydrogens is 342 g/mol. The Morgan fingerprint density at radius 1 is 1.04 bits per heavy atom. The van der Waals surface area contributed by atoms with Gasteiger partial charge in [-0.15, -0.1) is 0 Å². The van der Waals surface area contributed by atoms with Gasteiger partial charge in [0.15, 0.2) is 5.11 Å². The zero-order valence-electron chi connectivity index (χ0n) is 15.2. The largest absolute Gasteiger partial charge is 0.379 e. The number of nitrogens with one attached hydrogen (secondary N) is 2. The molecule has 2 aromatic carbocycles. The molecule has 0 spiro atoms. The maximum absolute atomic E-state index is 5.53. The van der Waals surface area contributed by atoms with Crippen LogP contribution in [0.4, 0.5) is 0 Å². The normalized spacial score (nSPS) is 17.3. The third-order valence-corrected chi connectivity index (χ3v) is 4.97. The highest BCUT2D eigenvalue weighted by atomic mass is 32.1. The van der Waals surface area contributed by atoms with E-state index in [1.54, 1.807) is 0 Å². The maximum Gasteiger partial charge on any atom is 0.166 e. The van der Waals surface area contributed by atoms with Gasteiger partial charge in [0.05, 0.1) is 19.3 Å². The molecule has 0 saturated carbocycles. The van der Waals surface area contributed by atoms with E-state index < -0.39 is 0 Å². The summed E-state index contributed by atoms with van der Waals surface area (Å²) < 4.78 is 5.53. The standard InChI is InChI=1S/C21H27N3OS/c1-17(23-21(26)22-16-18-8-4-2-5-9-18)20(19-10-6-3-7-11-19)24-12-14-25-15-13-24/h2-11,17,20H,12-16H2,1H3,(H2,22,23,26)/t17-,20-/m1/s1. The molecule has 0 unspecified atom stereocenters. The fraction of sp³-hybridized carbons (Fsp3) is 0.381. The number of rotatable bonds is 6. The van der Waals surface area contributed by atoms with Gasteiger partial charge in [0.25, 0.3) is 0 Å². The molecule has 0 aliphatic carbocycles. The average Bonchev–Trinajstić information content (AvgIpc) is 2.69. The van der Waals surface area contributed by atoms with Gasteiger partial charge in [-0.05, 0) is 30.3 Å². The molecule has 26 heavy (non-hydrogen) atoms. The summed E-state index contributed by atoms with van der Waals surface area (Å²) in [7, 11) is 0. The Bertz CT molecular complexity index is 674. The van der Waals surface area contributed by atoms with E-state index in [9.17, 15) is 0 Å². The second-order valence-electron chi connectivity index (χ2n) is 6.61. The predicted octanol–water partition coefficient (Wildman–Crippen LogP) is 3.11. The van der Waals surface area contributed by atoms with Gasteiger partial charge in [0, 0.05) is 25.7 Å². The highest BCUT2D eigenvalue weighted by molar-refractivity contribution is 7.80. The number of thiocarbonyl (C=S) groups is 1. The Kier molecular flexibility index (Phi) is 7.00. The molecule has 0 aromatic heterocycles. The van der Waals surface area contributed by atoms with Gasteiger partial charge in [0.2, 0.25) is 0 Å². The topological polar surface area (TPSA) is 36.5 Å². The molecule has 0 radical (unpaired) electrons. The smallest absolute Gasteiger partial charge is 0.166 e. The quantitative estimate of drug-likeness (QED) is 0.765. The highest BCUT2D eigenvalue weighted by Crippen LogP contribution is 2.25. The molecule has 2 aromatic rings. The lowest BCUT2D eigenvalue weighted by Gasteiger charge is -2.38. The van der Waals surface area contributed by atoms with Gasteiger partial charge in [-0.25, -0.2) is 0 Å². The van der Waals surface area contributed by atoms with Gasteiger partial charge >= 0.3 is 0 Å². The van der Waals surface area contributed by atoms with E-state index >= 15 is 0 Å². The molecule has 2 N–H and O–H groups in total. The summed E-state index contributed by atoms with van der Waals surface area (Å²) in [5, 5.41) is 7.49. The molecule has 5 heteroatoms. The minimum absolute atomic E-state index is 0.186. The molecule has 1 heterocycles. The fourth-order valence-corrected chi connectivity index (χ4v) is 3.69. The summed E-state index contributed by atoms with van der Waals surface area (Å²) in [6.07, 6.45) is 0. The molecule has 2 atom stereocenters. The Balaban J connectivity index is 1.63. The zero-order valence-corrected chi connectivity index (χ0v) is 16.0. The summed E-state index contributed by atoms with van der Waals surface area (Å²) in [5.41, 5.74) is 2.53. The number of hydrogen-bond acceptors (Lipinski definition) is 3. The van der Waals surface area contributed by atoms with Gasteiger partial charge in [-0.2, -0.15) is 0 Å². The third kappa shape index (κ3) is 5.27. The van der Waals surface area contributed by atoms with E-state index in [0.717, 1.165) is 32.8 Å². The monoisotopic (exact) mass is 369 g/mol. The van der Waals surface area contributed by atoms with Crippen LogP contribution in [0, 0.1) is 0 Å². The predicted molar refractivity (Wildman–Crippen MR) is 110 cm³/mol. The number of benzene rings is 2. The molecule has 0 amide bonds. The average molecular weight is 370 g/mol. The van der Waals surface area contributed by atoms with E-state index in [-0.39, 0.29) is 12.1 Å². The van der Waals surface area contributed by atoms with Crippen molar-refractivity contribution in [3.05, 3.63) is 71.8 Å². The molecule has 4 nitrogen and oxygen atoms in total. The van der Waals surface area contributed by atoms with Crippen LogP contribution in [0.3, 0.4) is 0 Å². The van der Waals surface area contributed by atoms with Crippen molar-refractivity contribution in [2.24, 2.45) is 0 Å². The molecule has 1 aliphatic rings. The van der Waals surface area contributed by atoms with Crippen molar-refractivity contribution in [1.82, 2.24) is 15.5 Å². The number of hydrogen-bond donors (Lipinski definition) is 2. The van der Waals surface area contributed by atoms with E-state index in [1.807, 2.05) is 18.2 Å². The highest BCUT2D eigenvalue weighted by Gasteiger charge is 2.27. The van der Waals surface area contributed by atoms with Gasteiger partial charge in [-0.3, -0.25) is 4.90 Å². The first-order valence-electron chi connectivity index (χ1n) is 9.19. The molecule has 1 aliphatic heterocycles. The Hall–Kier alpha value is -1.95. The fourth-order valence-electron chi connectivity index (χ4n) is 3.44. The molecule has 1 saturated heterocycles. The first-order chi connectivity index (χ1) is 12.7. The van der Waals surface area contributed by atoms with Crippen LogP contribution in [0.5, 0.6) is 0 Å². The SMILES string of the molecule is C[C@@H](NC(=S)NCc1ccccc1)[C@H](c1ccccc1)N1CCOCC1. The van der Waals surface area contributed by atoms with Crippen molar-refractivity contribution in [1.29, 1.82) is 0 Å². The Morgan fingerprint density at radius 3 is 2.31 bits per heavy atom. The second kappa shape index (κ2) is 9.67. The zero-order chi connectivity index (χ0) is 18.2. The molecule has 1 fully saturated rings. The molecule has 138 valence electrons. The molecular formula is C21H27N3OS. The van der Waals surface area contributed by atoms with Crippen molar-refractivity contribution in [2.75, 3.05) is 26.3 Å². The van der Waals surface area contributed by atoms with Crippen molar-refractivity contribution in [3.8, 4) is 0 Å². The van der Waals surface area contributed by atoms with Gasteiger partial charge in [-0.1, -0.05) is 60.7 Å². The molecule has 0 bridgehead atoms. The lowest BCUT2D eigenvalue weighted by atomic mass is 9.98. The minimum atomic E-state index is 0.186. The van der Waals surface area contributed by atoms with Crippen molar-refractivity contribution in [3.63, 3.8) is 0 Å². The summed E-state index contributed by atoms with van der Waals surface area (Å²) in [5.74, 6) is 0. The van der Waals surface area contributed by atoms with Crippen LogP contribution in [-0.4, -0.2) is 42.4 Å². The number of ether oxygens (including phenoxy) is 1. The first-order valence-corrected chi connectivity index (χ1v) is 9.60. The first kappa shape index (κ1) is 18.8. The summed E-state index contributed by atoms with van der Waals surface area (Å²) >= 11 is 5.53. The van der Waals surface area contributed by atoms with E-state index in [0.29, 0.717) is 5.11 Å². The molecule has 3 rings (SSSR count). The van der Waals surface area contributed by atoms with Gasteiger partial charge < -0.3 is 15.4 Å². The van der Waals surface area contributed by atoms with E-state index in [1.165, 1.54) is 11.1 Å². The van der Waals surface area contributed by atoms with Crippen molar-refractivity contribution < 1.29 is 4.74 Å². The lowest BCUT2D eigenvalue weighted by molar-refractivity contribution is 0.0102. The van der Waals surface area contributed by atoms with E-state index in [2.05, 4.69) is 64.9 Å². The van der Waals surface area contributed by atoms with Crippen LogP contribution < -0.4 is 10.6 Å². The summed E-state index contributed by atoms with van der Waals surface area (Å²) in [4.78, 5) is 2.48. The van der Waals surface area contributed by atoms with Crippen molar-refractivity contribution in [2.45, 2.75) is 25.6 Å². The third-order valence-electron chi connectivity index (χ3n) is 4.71. The van der Waals surface area contributed by atoms with Crippen LogP contribution in [0.1, 0.15) is 24.1 Å². The van der Waals surface area contributed by atoms with Crippen molar-refractivity contribution >= 4 is 17.3 Å². The van der Waals surface area contributed by atoms with Crippen LogP contribution in [-0.2, 0) is 11.3 Å². The summed E-state index contributed by atoms with van der Waals surface area (Å²) in [6.45, 7) is 6.38. The lowest BCUT2D eigenvalue weighted by Crippen LogP contribution is -2.50. The number of morpholine rings is 1. The van der Waals surface area contributed by atoms with Crippen LogP contribution >= 0.6 is 12.2 Å². The van der Waals surface area contributed by atoms with Crippen LogP contribution in [0.15, 0.2) is 60.7 Å². The maximum atomic E-state index is 5.53. The van der Waals surface area contributed by atoms with Gasteiger partial charge in [0.1, 0.15) is 0 Å². The number of nitrogens with zero attached hydrogens (tertiary/aromatic N) is 1. The summed E-state index contributed by atoms with van der Waals surface area (Å²) in [6, 6.07) is 21.4.